The number of anilines is 1. The number of para-hydroxylation sites is 1. The predicted octanol–water partition coefficient (Wildman–Crippen LogP) is 2.50. The first-order chi connectivity index (χ1) is 10.4. The molecule has 22 heavy (non-hydrogen) atoms. The van der Waals surface area contributed by atoms with Crippen LogP contribution in [0.5, 0.6) is 5.75 Å². The highest BCUT2D eigenvalue weighted by atomic mass is 32.2. The molecule has 1 N–H and O–H groups in total. The molecule has 6 heteroatoms. The molecule has 5 nitrogen and oxygen atoms in total. The van der Waals surface area contributed by atoms with Crippen molar-refractivity contribution in [3.63, 3.8) is 0 Å². The summed E-state index contributed by atoms with van der Waals surface area (Å²) in [4.78, 5) is 12.2. The van der Waals surface area contributed by atoms with Crippen LogP contribution in [0.3, 0.4) is 0 Å². The van der Waals surface area contributed by atoms with E-state index in [9.17, 15) is 13.2 Å². The largest absolute Gasteiger partial charge is 0.481 e. The van der Waals surface area contributed by atoms with Gasteiger partial charge in [-0.3, -0.25) is 4.79 Å². The van der Waals surface area contributed by atoms with Gasteiger partial charge in [-0.05, 0) is 37.3 Å². The average molecular weight is 319 g/mol. The van der Waals surface area contributed by atoms with Gasteiger partial charge in [-0.15, -0.1) is 0 Å². The maximum absolute atomic E-state index is 12.1. The second kappa shape index (κ2) is 6.62. The summed E-state index contributed by atoms with van der Waals surface area (Å²) < 4.78 is 28.5. The van der Waals surface area contributed by atoms with Crippen LogP contribution in [0.15, 0.2) is 59.5 Å². The number of nitrogens with one attached hydrogen (secondary N) is 1. The molecule has 0 aliphatic heterocycles. The number of rotatable bonds is 5. The monoisotopic (exact) mass is 319 g/mol. The number of carbonyl (C=O) groups excluding carboxylic acids is 1. The minimum Gasteiger partial charge on any atom is -0.481 e. The average Bonchev–Trinajstić information content (AvgIpc) is 2.47. The van der Waals surface area contributed by atoms with Crippen LogP contribution in [0.4, 0.5) is 5.69 Å². The number of carbonyl (C=O) groups is 1. The predicted molar refractivity (Wildman–Crippen MR) is 84.7 cm³/mol. The van der Waals surface area contributed by atoms with Gasteiger partial charge in [0, 0.05) is 11.9 Å². The topological polar surface area (TPSA) is 72.5 Å². The Morgan fingerprint density at radius 1 is 1.09 bits per heavy atom. The molecule has 0 heterocycles. The van der Waals surface area contributed by atoms with Crippen molar-refractivity contribution in [3.05, 3.63) is 54.6 Å². The number of sulfone groups is 1. The lowest BCUT2D eigenvalue weighted by atomic mass is 10.3. The highest BCUT2D eigenvalue weighted by Crippen LogP contribution is 2.16. The zero-order chi connectivity index (χ0) is 16.2. The molecule has 0 bridgehead atoms. The van der Waals surface area contributed by atoms with E-state index in [2.05, 4.69) is 5.32 Å². The molecule has 0 saturated heterocycles. The van der Waals surface area contributed by atoms with Crippen molar-refractivity contribution in [1.82, 2.24) is 0 Å². The normalized spacial score (nSPS) is 12.5. The lowest BCUT2D eigenvalue weighted by Crippen LogP contribution is -2.30. The molecule has 2 aromatic carbocycles. The van der Waals surface area contributed by atoms with Crippen LogP contribution < -0.4 is 10.1 Å². The zero-order valence-electron chi connectivity index (χ0n) is 12.3. The Morgan fingerprint density at radius 3 is 2.41 bits per heavy atom. The highest BCUT2D eigenvalue weighted by molar-refractivity contribution is 7.90. The van der Waals surface area contributed by atoms with Crippen molar-refractivity contribution in [2.45, 2.75) is 17.9 Å². The summed E-state index contributed by atoms with van der Waals surface area (Å²) in [6.07, 6.45) is 0.416. The maximum atomic E-state index is 12.1. The fourth-order valence-electron chi connectivity index (χ4n) is 1.81. The van der Waals surface area contributed by atoms with Crippen molar-refractivity contribution in [2.24, 2.45) is 0 Å². The van der Waals surface area contributed by atoms with Crippen LogP contribution >= 0.6 is 0 Å². The van der Waals surface area contributed by atoms with E-state index in [0.717, 1.165) is 6.26 Å². The Balaban J connectivity index is 2.06. The molecule has 1 amide bonds. The van der Waals surface area contributed by atoms with E-state index in [1.165, 1.54) is 12.1 Å². The van der Waals surface area contributed by atoms with Crippen molar-refractivity contribution in [1.29, 1.82) is 0 Å². The summed E-state index contributed by atoms with van der Waals surface area (Å²) in [7, 11) is -3.31. The van der Waals surface area contributed by atoms with Gasteiger partial charge < -0.3 is 10.1 Å². The van der Waals surface area contributed by atoms with Crippen LogP contribution in [0, 0.1) is 0 Å². The third-order valence-corrected chi connectivity index (χ3v) is 4.07. The molecule has 0 spiro atoms. The Kier molecular flexibility index (Phi) is 4.82. The fourth-order valence-corrected chi connectivity index (χ4v) is 2.47. The van der Waals surface area contributed by atoms with Gasteiger partial charge in [0.25, 0.3) is 5.91 Å². The quantitative estimate of drug-likeness (QED) is 0.919. The second-order valence-corrected chi connectivity index (χ2v) is 6.88. The fraction of sp³-hybridized carbons (Fsp3) is 0.188. The molecular weight excluding hydrogens is 302 g/mol. The third-order valence-electron chi connectivity index (χ3n) is 2.96. The zero-order valence-corrected chi connectivity index (χ0v) is 13.1. The molecule has 0 unspecified atom stereocenters. The summed E-state index contributed by atoms with van der Waals surface area (Å²) in [6, 6.07) is 15.1. The highest BCUT2D eigenvalue weighted by Gasteiger charge is 2.15. The van der Waals surface area contributed by atoms with Crippen LogP contribution in [-0.2, 0) is 14.6 Å². The van der Waals surface area contributed by atoms with E-state index < -0.39 is 15.9 Å². The molecule has 2 rings (SSSR count). The number of ether oxygens (including phenoxy) is 1. The molecule has 1 atom stereocenters. The van der Waals surface area contributed by atoms with E-state index in [1.807, 2.05) is 18.2 Å². The SMILES string of the molecule is C[C@H](Oc1ccccc1)C(=O)Nc1cccc(S(C)(=O)=O)c1. The van der Waals surface area contributed by atoms with Crippen molar-refractivity contribution in [2.75, 3.05) is 11.6 Å². The van der Waals surface area contributed by atoms with Gasteiger partial charge in [-0.1, -0.05) is 24.3 Å². The molecule has 0 fully saturated rings. The summed E-state index contributed by atoms with van der Waals surface area (Å²) in [6.45, 7) is 1.63. The number of hydrogen-bond donors (Lipinski definition) is 1. The smallest absolute Gasteiger partial charge is 0.265 e. The summed E-state index contributed by atoms with van der Waals surface area (Å²) in [5, 5.41) is 2.65. The van der Waals surface area contributed by atoms with Gasteiger partial charge >= 0.3 is 0 Å². The van der Waals surface area contributed by atoms with Crippen LogP contribution in [0.1, 0.15) is 6.92 Å². The Morgan fingerprint density at radius 2 is 1.77 bits per heavy atom. The van der Waals surface area contributed by atoms with Gasteiger partial charge in [-0.2, -0.15) is 0 Å². The minimum atomic E-state index is -3.31. The first-order valence-corrected chi connectivity index (χ1v) is 8.58. The summed E-state index contributed by atoms with van der Waals surface area (Å²) in [5.41, 5.74) is 0.413. The molecule has 0 saturated carbocycles. The van der Waals surface area contributed by atoms with Crippen LogP contribution in [0.25, 0.3) is 0 Å². The second-order valence-electron chi connectivity index (χ2n) is 4.86. The Hall–Kier alpha value is -2.34. The Bertz CT molecular complexity index is 757. The van der Waals surface area contributed by atoms with Gasteiger partial charge in [0.2, 0.25) is 0 Å². The first-order valence-electron chi connectivity index (χ1n) is 6.69. The van der Waals surface area contributed by atoms with Gasteiger partial charge in [0.15, 0.2) is 15.9 Å². The van der Waals surface area contributed by atoms with Gasteiger partial charge in [0.05, 0.1) is 4.90 Å². The summed E-state index contributed by atoms with van der Waals surface area (Å²) in [5.74, 6) is 0.240. The lowest BCUT2D eigenvalue weighted by molar-refractivity contribution is -0.122. The molecule has 2 aromatic rings. The number of hydrogen-bond acceptors (Lipinski definition) is 4. The van der Waals surface area contributed by atoms with E-state index >= 15 is 0 Å². The van der Waals surface area contributed by atoms with E-state index in [-0.39, 0.29) is 10.8 Å². The molecule has 0 aliphatic rings. The maximum Gasteiger partial charge on any atom is 0.265 e. The molecule has 0 radical (unpaired) electrons. The standard InChI is InChI=1S/C16H17NO4S/c1-12(21-14-8-4-3-5-9-14)16(18)17-13-7-6-10-15(11-13)22(2,19)20/h3-12H,1-2H3,(H,17,18)/t12-/m0/s1. The summed E-state index contributed by atoms with van der Waals surface area (Å²) >= 11 is 0. The molecule has 116 valence electrons. The van der Waals surface area contributed by atoms with E-state index in [4.69, 9.17) is 4.74 Å². The molecular formula is C16H17NO4S. The first kappa shape index (κ1) is 16.0. The van der Waals surface area contributed by atoms with E-state index in [1.54, 1.807) is 31.2 Å². The van der Waals surface area contributed by atoms with Crippen molar-refractivity contribution < 1.29 is 17.9 Å². The van der Waals surface area contributed by atoms with Gasteiger partial charge in [0.1, 0.15) is 5.75 Å². The Labute approximate surface area is 129 Å². The van der Waals surface area contributed by atoms with Crippen molar-refractivity contribution in [3.8, 4) is 5.75 Å². The lowest BCUT2D eigenvalue weighted by Gasteiger charge is -2.15. The van der Waals surface area contributed by atoms with Crippen LogP contribution in [-0.4, -0.2) is 26.7 Å². The van der Waals surface area contributed by atoms with Crippen molar-refractivity contribution >= 4 is 21.4 Å². The van der Waals surface area contributed by atoms with Crippen LogP contribution in [0.2, 0.25) is 0 Å². The number of benzene rings is 2. The molecule has 0 aromatic heterocycles. The van der Waals surface area contributed by atoms with E-state index in [0.29, 0.717) is 11.4 Å². The third kappa shape index (κ3) is 4.33. The minimum absolute atomic E-state index is 0.155. The van der Waals surface area contributed by atoms with Gasteiger partial charge in [-0.25, -0.2) is 8.42 Å². The molecule has 0 aliphatic carbocycles. The number of amides is 1.